The van der Waals surface area contributed by atoms with Crippen molar-refractivity contribution in [1.82, 2.24) is 10.2 Å². The van der Waals surface area contributed by atoms with Crippen LogP contribution in [0.4, 0.5) is 9.59 Å². The Labute approximate surface area is 115 Å². The van der Waals surface area contributed by atoms with E-state index >= 15 is 0 Å². The van der Waals surface area contributed by atoms with E-state index in [0.29, 0.717) is 10.5 Å². The monoisotopic (exact) mass is 284 g/mol. The number of amides is 3. The van der Waals surface area contributed by atoms with Crippen molar-refractivity contribution in [3.05, 3.63) is 35.9 Å². The number of carbonyl (C=O) groups excluding carboxylic acids is 3. The number of imide groups is 1. The van der Waals surface area contributed by atoms with Gasteiger partial charge in [0.25, 0.3) is 0 Å². The molecule has 0 radical (unpaired) electrons. The minimum atomic E-state index is -1.03. The Bertz CT molecular complexity index is 478. The van der Waals surface area contributed by atoms with Gasteiger partial charge in [0.15, 0.2) is 0 Å². The molecule has 0 aliphatic carbocycles. The van der Waals surface area contributed by atoms with Crippen LogP contribution in [0.15, 0.2) is 30.3 Å². The first-order valence-electron chi connectivity index (χ1n) is 5.33. The first kappa shape index (κ1) is 15.0. The molecule has 1 rings (SSSR count). The molecule has 0 spiro atoms. The second kappa shape index (κ2) is 6.75. The number of rotatable bonds is 3. The molecule has 0 aromatic heterocycles. The van der Waals surface area contributed by atoms with Crippen molar-refractivity contribution in [2.24, 2.45) is 0 Å². The zero-order valence-electron chi connectivity index (χ0n) is 10.4. The summed E-state index contributed by atoms with van der Waals surface area (Å²) in [7, 11) is 2.37. The van der Waals surface area contributed by atoms with E-state index in [4.69, 9.17) is 11.6 Å². The predicted molar refractivity (Wildman–Crippen MR) is 68.7 cm³/mol. The number of nitrogens with one attached hydrogen (secondary N) is 1. The minimum absolute atomic E-state index is 0.522. The highest BCUT2D eigenvalue weighted by atomic mass is 35.5. The van der Waals surface area contributed by atoms with Crippen molar-refractivity contribution in [1.29, 1.82) is 0 Å². The highest BCUT2D eigenvalue weighted by molar-refractivity contribution is 6.64. The van der Waals surface area contributed by atoms with Crippen molar-refractivity contribution in [2.75, 3.05) is 14.2 Å². The SMILES string of the molecule is COC(=O)N(C)C(=O)NC(C(=O)Cl)c1ccccc1. The van der Waals surface area contributed by atoms with Gasteiger partial charge in [-0.15, -0.1) is 0 Å². The molecule has 0 fully saturated rings. The molecule has 0 saturated carbocycles. The average Bonchev–Trinajstić information content (AvgIpc) is 2.43. The van der Waals surface area contributed by atoms with E-state index in [1.165, 1.54) is 7.05 Å². The van der Waals surface area contributed by atoms with Gasteiger partial charge in [-0.05, 0) is 17.2 Å². The summed E-state index contributed by atoms with van der Waals surface area (Å²) in [5.74, 6) is 0. The zero-order chi connectivity index (χ0) is 14.4. The van der Waals surface area contributed by atoms with Crippen molar-refractivity contribution in [3.63, 3.8) is 0 Å². The lowest BCUT2D eigenvalue weighted by Gasteiger charge is -2.19. The molecule has 0 aliphatic heterocycles. The number of benzene rings is 1. The first-order chi connectivity index (χ1) is 8.97. The number of halogens is 1. The lowest BCUT2D eigenvalue weighted by atomic mass is 10.1. The maximum Gasteiger partial charge on any atom is 0.417 e. The van der Waals surface area contributed by atoms with Crippen LogP contribution in [0.3, 0.4) is 0 Å². The van der Waals surface area contributed by atoms with Gasteiger partial charge >= 0.3 is 12.1 Å². The van der Waals surface area contributed by atoms with Gasteiger partial charge in [-0.3, -0.25) is 4.79 Å². The summed E-state index contributed by atoms with van der Waals surface area (Å²) < 4.78 is 4.39. The lowest BCUT2D eigenvalue weighted by molar-refractivity contribution is -0.113. The normalized spacial score (nSPS) is 11.3. The number of nitrogens with zero attached hydrogens (tertiary/aromatic N) is 1. The Morgan fingerprint density at radius 1 is 1.26 bits per heavy atom. The summed E-state index contributed by atoms with van der Waals surface area (Å²) in [6.45, 7) is 0. The van der Waals surface area contributed by atoms with Gasteiger partial charge in [-0.1, -0.05) is 30.3 Å². The van der Waals surface area contributed by atoms with Crippen LogP contribution in [0.5, 0.6) is 0 Å². The Kier molecular flexibility index (Phi) is 5.32. The molecule has 0 saturated heterocycles. The molecule has 1 aromatic carbocycles. The third kappa shape index (κ3) is 3.96. The van der Waals surface area contributed by atoms with Crippen molar-refractivity contribution >= 4 is 29.0 Å². The van der Waals surface area contributed by atoms with Gasteiger partial charge in [-0.2, -0.15) is 0 Å². The van der Waals surface area contributed by atoms with E-state index in [1.54, 1.807) is 30.3 Å². The topological polar surface area (TPSA) is 75.7 Å². The molecule has 102 valence electrons. The van der Waals surface area contributed by atoms with E-state index in [9.17, 15) is 14.4 Å². The van der Waals surface area contributed by atoms with Gasteiger partial charge in [0.2, 0.25) is 5.24 Å². The van der Waals surface area contributed by atoms with Crippen molar-refractivity contribution in [2.45, 2.75) is 6.04 Å². The maximum absolute atomic E-state index is 11.7. The summed E-state index contributed by atoms with van der Waals surface area (Å²) in [6.07, 6.45) is -0.841. The van der Waals surface area contributed by atoms with Crippen LogP contribution in [0, 0.1) is 0 Å². The molecule has 0 bridgehead atoms. The minimum Gasteiger partial charge on any atom is -0.452 e. The van der Waals surface area contributed by atoms with E-state index < -0.39 is 23.4 Å². The molecule has 0 aliphatic rings. The molecule has 0 heterocycles. The summed E-state index contributed by atoms with van der Waals surface area (Å²) >= 11 is 5.45. The van der Waals surface area contributed by atoms with Gasteiger partial charge in [0.1, 0.15) is 6.04 Å². The predicted octanol–water partition coefficient (Wildman–Crippen LogP) is 1.90. The van der Waals surface area contributed by atoms with E-state index in [-0.39, 0.29) is 0 Å². The van der Waals surface area contributed by atoms with E-state index in [2.05, 4.69) is 10.1 Å². The Hall–Kier alpha value is -2.08. The molecular weight excluding hydrogens is 272 g/mol. The van der Waals surface area contributed by atoms with Crippen LogP contribution in [-0.4, -0.2) is 36.4 Å². The number of methoxy groups -OCH3 is 1. The molecule has 1 N–H and O–H groups in total. The lowest BCUT2D eigenvalue weighted by Crippen LogP contribution is -2.43. The summed E-state index contributed by atoms with van der Waals surface area (Å²) in [5.41, 5.74) is 0.522. The van der Waals surface area contributed by atoms with Crippen molar-refractivity contribution in [3.8, 4) is 0 Å². The highest BCUT2D eigenvalue weighted by Crippen LogP contribution is 2.15. The molecule has 1 unspecified atom stereocenters. The van der Waals surface area contributed by atoms with Crippen LogP contribution < -0.4 is 5.32 Å². The zero-order valence-corrected chi connectivity index (χ0v) is 11.2. The number of urea groups is 1. The average molecular weight is 285 g/mol. The fourth-order valence-electron chi connectivity index (χ4n) is 1.36. The van der Waals surface area contributed by atoms with Gasteiger partial charge in [0, 0.05) is 7.05 Å². The van der Waals surface area contributed by atoms with Gasteiger partial charge in [0.05, 0.1) is 7.11 Å². The molecular formula is C12H13ClN2O4. The molecule has 7 heteroatoms. The number of ether oxygens (including phenoxy) is 1. The van der Waals surface area contributed by atoms with E-state index in [1.807, 2.05) is 0 Å². The Morgan fingerprint density at radius 3 is 2.32 bits per heavy atom. The fourth-order valence-corrected chi connectivity index (χ4v) is 1.54. The quantitative estimate of drug-likeness (QED) is 0.860. The highest BCUT2D eigenvalue weighted by Gasteiger charge is 2.25. The Morgan fingerprint density at radius 2 is 1.84 bits per heavy atom. The molecule has 3 amide bonds. The van der Waals surface area contributed by atoms with Crippen LogP contribution in [0.25, 0.3) is 0 Å². The van der Waals surface area contributed by atoms with Crippen molar-refractivity contribution < 1.29 is 19.1 Å². The molecule has 1 aromatic rings. The summed E-state index contributed by atoms with van der Waals surface area (Å²) in [5, 5.41) is 1.60. The van der Waals surface area contributed by atoms with Crippen LogP contribution in [0.2, 0.25) is 0 Å². The second-order valence-corrected chi connectivity index (χ2v) is 4.00. The molecule has 6 nitrogen and oxygen atoms in total. The summed E-state index contributed by atoms with van der Waals surface area (Å²) in [4.78, 5) is 35.0. The van der Waals surface area contributed by atoms with Crippen LogP contribution in [0.1, 0.15) is 11.6 Å². The first-order valence-corrected chi connectivity index (χ1v) is 5.71. The standard InChI is InChI=1S/C12H13ClN2O4/c1-15(12(18)19-2)11(17)14-9(10(13)16)8-6-4-3-5-7-8/h3-7,9H,1-2H3,(H,14,17). The van der Waals surface area contributed by atoms with Crippen LogP contribution >= 0.6 is 11.6 Å². The largest absolute Gasteiger partial charge is 0.452 e. The smallest absolute Gasteiger partial charge is 0.417 e. The van der Waals surface area contributed by atoms with Gasteiger partial charge in [-0.25, -0.2) is 14.5 Å². The van der Waals surface area contributed by atoms with Gasteiger partial charge < -0.3 is 10.1 Å². The fraction of sp³-hybridized carbons (Fsp3) is 0.250. The molecule has 1 atom stereocenters. The third-order valence-electron chi connectivity index (χ3n) is 2.38. The van der Waals surface area contributed by atoms with E-state index in [0.717, 1.165) is 7.11 Å². The summed E-state index contributed by atoms with van der Waals surface area (Å²) in [6, 6.07) is 6.66. The number of hydrogen-bond donors (Lipinski definition) is 1. The van der Waals surface area contributed by atoms with Crippen LogP contribution in [-0.2, 0) is 9.53 Å². The third-order valence-corrected chi connectivity index (χ3v) is 2.60. The second-order valence-electron chi connectivity index (χ2n) is 3.63. The number of hydrogen-bond acceptors (Lipinski definition) is 4. The number of carbonyl (C=O) groups is 3. The maximum atomic E-state index is 11.7. The Balaban J connectivity index is 2.84. The molecule has 19 heavy (non-hydrogen) atoms.